The van der Waals surface area contributed by atoms with Crippen molar-refractivity contribution >= 4 is 5.97 Å². The fourth-order valence-electron chi connectivity index (χ4n) is 1.80. The Kier molecular flexibility index (Phi) is 6.54. The van der Waals surface area contributed by atoms with E-state index in [1.807, 2.05) is 0 Å². The van der Waals surface area contributed by atoms with Crippen LogP contribution in [0.4, 0.5) is 0 Å². The summed E-state index contributed by atoms with van der Waals surface area (Å²) in [6, 6.07) is 0. The van der Waals surface area contributed by atoms with Crippen molar-refractivity contribution in [1.82, 2.24) is 0 Å². The summed E-state index contributed by atoms with van der Waals surface area (Å²) < 4.78 is 0. The molecule has 0 fully saturated rings. The highest BCUT2D eigenvalue weighted by Crippen LogP contribution is 2.22. The lowest BCUT2D eigenvalue weighted by atomic mass is 9.86. The first-order chi connectivity index (χ1) is 6.51. The Morgan fingerprint density at radius 2 is 1.93 bits per heavy atom. The van der Waals surface area contributed by atoms with E-state index in [4.69, 9.17) is 10.8 Å². The van der Waals surface area contributed by atoms with Gasteiger partial charge >= 0.3 is 5.97 Å². The Labute approximate surface area is 86.7 Å². The summed E-state index contributed by atoms with van der Waals surface area (Å²) in [5.41, 5.74) is 5.43. The van der Waals surface area contributed by atoms with Gasteiger partial charge in [0.1, 0.15) is 0 Å². The Hall–Kier alpha value is -0.570. The van der Waals surface area contributed by atoms with Crippen LogP contribution >= 0.6 is 0 Å². The fourth-order valence-corrected chi connectivity index (χ4v) is 1.80. The number of nitrogens with two attached hydrogens (primary N) is 1. The van der Waals surface area contributed by atoms with Crippen molar-refractivity contribution in [2.75, 3.05) is 6.54 Å². The monoisotopic (exact) mass is 201 g/mol. The van der Waals surface area contributed by atoms with Crippen molar-refractivity contribution in [3.63, 3.8) is 0 Å². The minimum atomic E-state index is -0.755. The zero-order valence-corrected chi connectivity index (χ0v) is 9.49. The molecule has 0 spiro atoms. The van der Waals surface area contributed by atoms with Crippen LogP contribution in [0.3, 0.4) is 0 Å². The quantitative estimate of drug-likeness (QED) is 0.663. The van der Waals surface area contributed by atoms with Gasteiger partial charge in [0, 0.05) is 6.54 Å². The molecular formula is C11H23NO2. The number of carboxylic acids is 1. The normalized spacial score (nSPS) is 15.5. The highest BCUT2D eigenvalue weighted by molar-refractivity contribution is 5.70. The maximum Gasteiger partial charge on any atom is 0.307 e. The third kappa shape index (κ3) is 5.22. The molecule has 2 unspecified atom stereocenters. The summed E-state index contributed by atoms with van der Waals surface area (Å²) in [6.45, 7) is 6.70. The van der Waals surface area contributed by atoms with E-state index in [9.17, 15) is 4.79 Å². The second kappa shape index (κ2) is 6.82. The lowest BCUT2D eigenvalue weighted by Gasteiger charge is -2.20. The van der Waals surface area contributed by atoms with E-state index in [0.717, 1.165) is 19.3 Å². The SMILES string of the molecule is CCC(CC(C)C)CC(CN)C(=O)O. The topological polar surface area (TPSA) is 63.3 Å². The van der Waals surface area contributed by atoms with Gasteiger partial charge in [0.15, 0.2) is 0 Å². The average Bonchev–Trinajstić information content (AvgIpc) is 2.10. The molecule has 0 aromatic rings. The highest BCUT2D eigenvalue weighted by atomic mass is 16.4. The molecule has 0 rings (SSSR count). The predicted molar refractivity (Wildman–Crippen MR) is 58.0 cm³/mol. The number of rotatable bonds is 7. The van der Waals surface area contributed by atoms with E-state index < -0.39 is 5.97 Å². The van der Waals surface area contributed by atoms with Gasteiger partial charge in [0.25, 0.3) is 0 Å². The molecule has 14 heavy (non-hydrogen) atoms. The summed E-state index contributed by atoms with van der Waals surface area (Å²) >= 11 is 0. The van der Waals surface area contributed by atoms with E-state index in [1.165, 1.54) is 0 Å². The van der Waals surface area contributed by atoms with Crippen molar-refractivity contribution in [3.8, 4) is 0 Å². The van der Waals surface area contributed by atoms with Gasteiger partial charge in [-0.1, -0.05) is 27.2 Å². The Balaban J connectivity index is 4.07. The molecule has 0 radical (unpaired) electrons. The van der Waals surface area contributed by atoms with E-state index in [-0.39, 0.29) is 12.5 Å². The predicted octanol–water partition coefficient (Wildman–Crippen LogP) is 2.11. The summed E-state index contributed by atoms with van der Waals surface area (Å²) in [6.07, 6.45) is 2.86. The highest BCUT2D eigenvalue weighted by Gasteiger charge is 2.20. The van der Waals surface area contributed by atoms with Crippen LogP contribution in [0.25, 0.3) is 0 Å². The summed E-state index contributed by atoms with van der Waals surface area (Å²) in [5, 5.41) is 8.87. The number of hydrogen-bond acceptors (Lipinski definition) is 2. The number of carboxylic acid groups (broad SMARTS) is 1. The molecule has 0 bridgehead atoms. The molecular weight excluding hydrogens is 178 g/mol. The Morgan fingerprint density at radius 3 is 2.21 bits per heavy atom. The van der Waals surface area contributed by atoms with Crippen LogP contribution in [0, 0.1) is 17.8 Å². The van der Waals surface area contributed by atoms with Crippen molar-refractivity contribution in [1.29, 1.82) is 0 Å². The number of hydrogen-bond donors (Lipinski definition) is 2. The van der Waals surface area contributed by atoms with Gasteiger partial charge in [-0.2, -0.15) is 0 Å². The molecule has 0 aliphatic heterocycles. The maximum absolute atomic E-state index is 10.8. The van der Waals surface area contributed by atoms with Crippen LogP contribution in [0.5, 0.6) is 0 Å². The Bertz CT molecular complexity index is 169. The zero-order valence-electron chi connectivity index (χ0n) is 9.49. The van der Waals surface area contributed by atoms with Gasteiger partial charge in [-0.3, -0.25) is 4.79 Å². The van der Waals surface area contributed by atoms with E-state index in [1.54, 1.807) is 0 Å². The summed E-state index contributed by atoms with van der Waals surface area (Å²) in [4.78, 5) is 10.8. The molecule has 3 N–H and O–H groups in total. The smallest absolute Gasteiger partial charge is 0.307 e. The summed E-state index contributed by atoms with van der Waals surface area (Å²) in [5.74, 6) is 0.0141. The van der Waals surface area contributed by atoms with Gasteiger partial charge in [-0.15, -0.1) is 0 Å². The van der Waals surface area contributed by atoms with E-state index in [0.29, 0.717) is 11.8 Å². The first kappa shape index (κ1) is 13.4. The Morgan fingerprint density at radius 1 is 1.36 bits per heavy atom. The standard InChI is InChI=1S/C11H23NO2/c1-4-9(5-8(2)3)6-10(7-12)11(13)14/h8-10H,4-7,12H2,1-3H3,(H,13,14). The van der Waals surface area contributed by atoms with Crippen molar-refractivity contribution in [2.24, 2.45) is 23.5 Å². The largest absolute Gasteiger partial charge is 0.481 e. The van der Waals surface area contributed by atoms with Crippen LogP contribution in [0.1, 0.15) is 40.0 Å². The zero-order chi connectivity index (χ0) is 11.1. The van der Waals surface area contributed by atoms with Crippen LogP contribution in [-0.2, 0) is 4.79 Å². The molecule has 2 atom stereocenters. The minimum absolute atomic E-state index is 0.254. The number of carbonyl (C=O) groups is 1. The minimum Gasteiger partial charge on any atom is -0.481 e. The molecule has 0 saturated carbocycles. The van der Waals surface area contributed by atoms with Crippen molar-refractivity contribution in [2.45, 2.75) is 40.0 Å². The van der Waals surface area contributed by atoms with Crippen LogP contribution in [0.15, 0.2) is 0 Å². The lowest BCUT2D eigenvalue weighted by molar-refractivity contribution is -0.142. The van der Waals surface area contributed by atoms with Crippen LogP contribution in [-0.4, -0.2) is 17.6 Å². The van der Waals surface area contributed by atoms with E-state index in [2.05, 4.69) is 20.8 Å². The van der Waals surface area contributed by atoms with Gasteiger partial charge in [-0.25, -0.2) is 0 Å². The fraction of sp³-hybridized carbons (Fsp3) is 0.909. The van der Waals surface area contributed by atoms with Gasteiger partial charge in [0.2, 0.25) is 0 Å². The van der Waals surface area contributed by atoms with Gasteiger partial charge in [-0.05, 0) is 24.7 Å². The van der Waals surface area contributed by atoms with Crippen LogP contribution in [0.2, 0.25) is 0 Å². The maximum atomic E-state index is 10.8. The average molecular weight is 201 g/mol. The van der Waals surface area contributed by atoms with Gasteiger partial charge in [0.05, 0.1) is 5.92 Å². The first-order valence-corrected chi connectivity index (χ1v) is 5.44. The van der Waals surface area contributed by atoms with Crippen LogP contribution < -0.4 is 5.73 Å². The molecule has 0 heterocycles. The molecule has 0 aliphatic rings. The molecule has 0 amide bonds. The third-order valence-electron chi connectivity index (χ3n) is 2.63. The lowest BCUT2D eigenvalue weighted by Crippen LogP contribution is -2.26. The first-order valence-electron chi connectivity index (χ1n) is 5.44. The molecule has 3 heteroatoms. The molecule has 0 saturated heterocycles. The number of aliphatic carboxylic acids is 1. The van der Waals surface area contributed by atoms with Gasteiger partial charge < -0.3 is 10.8 Å². The second-order valence-corrected chi connectivity index (χ2v) is 4.41. The molecule has 0 aromatic heterocycles. The second-order valence-electron chi connectivity index (χ2n) is 4.41. The molecule has 84 valence electrons. The summed E-state index contributed by atoms with van der Waals surface area (Å²) in [7, 11) is 0. The molecule has 0 aromatic carbocycles. The van der Waals surface area contributed by atoms with E-state index >= 15 is 0 Å². The van der Waals surface area contributed by atoms with Crippen molar-refractivity contribution in [3.05, 3.63) is 0 Å². The molecule has 3 nitrogen and oxygen atoms in total. The molecule has 0 aliphatic carbocycles. The third-order valence-corrected chi connectivity index (χ3v) is 2.63. The van der Waals surface area contributed by atoms with Crippen molar-refractivity contribution < 1.29 is 9.90 Å².